The Kier molecular flexibility index (Phi) is 2.44. The van der Waals surface area contributed by atoms with Crippen molar-refractivity contribution in [3.05, 3.63) is 0 Å². The number of alkyl halides is 1. The smallest absolute Gasteiger partial charge is 0.321 e. The van der Waals surface area contributed by atoms with Gasteiger partial charge >= 0.3 is 6.03 Å². The number of hydrogen-bond donors (Lipinski definition) is 2. The Labute approximate surface area is 90.0 Å². The van der Waals surface area contributed by atoms with Crippen molar-refractivity contribution in [3.63, 3.8) is 0 Å². The molecule has 5 heteroatoms. The fraction of sp³-hybridized carbons (Fsp3) is 0.750. The number of rotatable bonds is 0. The van der Waals surface area contributed by atoms with Gasteiger partial charge < -0.3 is 5.32 Å². The van der Waals surface area contributed by atoms with Crippen LogP contribution in [0, 0.1) is 5.92 Å². The van der Waals surface area contributed by atoms with Crippen LogP contribution in [0.5, 0.6) is 0 Å². The summed E-state index contributed by atoms with van der Waals surface area (Å²) >= 11 is 2.38. The average Bonchev–Trinajstić information content (AvgIpc) is 2.02. The molecule has 2 fully saturated rings. The monoisotopic (exact) mass is 294 g/mol. The van der Waals surface area contributed by atoms with Gasteiger partial charge in [-0.1, -0.05) is 22.6 Å². The number of urea groups is 1. The number of hydrogen-bond acceptors (Lipinski definition) is 2. The second-order valence-corrected chi connectivity index (χ2v) is 5.35. The van der Waals surface area contributed by atoms with Crippen molar-refractivity contribution in [2.75, 3.05) is 0 Å². The van der Waals surface area contributed by atoms with E-state index < -0.39 is 0 Å². The van der Waals surface area contributed by atoms with Crippen LogP contribution < -0.4 is 10.6 Å². The molecule has 1 saturated carbocycles. The molecule has 2 aliphatic rings. The van der Waals surface area contributed by atoms with Crippen LogP contribution >= 0.6 is 22.6 Å². The number of halogens is 1. The maximum Gasteiger partial charge on any atom is 0.321 e. The van der Waals surface area contributed by atoms with Crippen molar-refractivity contribution in [1.29, 1.82) is 0 Å². The quantitative estimate of drug-likeness (QED) is 0.513. The molecule has 2 rings (SSSR count). The summed E-state index contributed by atoms with van der Waals surface area (Å²) in [6, 6.07) is -0.270. The van der Waals surface area contributed by atoms with Crippen LogP contribution in [-0.2, 0) is 4.79 Å². The van der Waals surface area contributed by atoms with Gasteiger partial charge in [0.1, 0.15) is 0 Å². The van der Waals surface area contributed by atoms with Crippen molar-refractivity contribution < 1.29 is 9.59 Å². The largest absolute Gasteiger partial charge is 0.334 e. The molecular weight excluding hydrogens is 283 g/mol. The molecule has 0 bridgehead atoms. The summed E-state index contributed by atoms with van der Waals surface area (Å²) in [5.74, 6) is -0.0965. The summed E-state index contributed by atoms with van der Waals surface area (Å²) in [4.78, 5) is 22.4. The molecule has 72 valence electrons. The normalized spacial score (nSPS) is 39.0. The van der Waals surface area contributed by atoms with Crippen LogP contribution in [0.15, 0.2) is 0 Å². The fourth-order valence-corrected chi connectivity index (χ4v) is 2.91. The summed E-state index contributed by atoms with van der Waals surface area (Å²) in [5.41, 5.74) is 0. The van der Waals surface area contributed by atoms with Crippen molar-refractivity contribution >= 4 is 34.5 Å². The van der Waals surface area contributed by atoms with Crippen LogP contribution in [0.4, 0.5) is 4.79 Å². The predicted molar refractivity (Wildman–Crippen MR) is 55.6 cm³/mol. The van der Waals surface area contributed by atoms with E-state index in [1.165, 1.54) is 0 Å². The van der Waals surface area contributed by atoms with E-state index in [-0.39, 0.29) is 23.9 Å². The van der Waals surface area contributed by atoms with E-state index in [1.54, 1.807) is 0 Å². The van der Waals surface area contributed by atoms with Crippen molar-refractivity contribution in [3.8, 4) is 0 Å². The minimum absolute atomic E-state index is 0.00344. The lowest BCUT2D eigenvalue weighted by Gasteiger charge is -2.36. The zero-order chi connectivity index (χ0) is 9.42. The molecule has 1 aliphatic heterocycles. The lowest BCUT2D eigenvalue weighted by Crippen LogP contribution is -2.59. The molecule has 0 radical (unpaired) electrons. The topological polar surface area (TPSA) is 58.2 Å². The first-order chi connectivity index (χ1) is 6.16. The van der Waals surface area contributed by atoms with Crippen LogP contribution in [0.2, 0.25) is 0 Å². The van der Waals surface area contributed by atoms with E-state index in [2.05, 4.69) is 33.2 Å². The van der Waals surface area contributed by atoms with Gasteiger partial charge in [-0.3, -0.25) is 10.1 Å². The average molecular weight is 294 g/mol. The van der Waals surface area contributed by atoms with Gasteiger partial charge in [0.25, 0.3) is 0 Å². The summed E-state index contributed by atoms with van der Waals surface area (Å²) in [6.07, 6.45) is 2.89. The maximum absolute atomic E-state index is 11.4. The van der Waals surface area contributed by atoms with Gasteiger partial charge in [-0.2, -0.15) is 0 Å². The molecular formula is C8H11IN2O2. The highest BCUT2D eigenvalue weighted by molar-refractivity contribution is 14.1. The second kappa shape index (κ2) is 3.43. The predicted octanol–water partition coefficient (Wildman–Crippen LogP) is 0.798. The molecule has 13 heavy (non-hydrogen) atoms. The third kappa shape index (κ3) is 1.79. The van der Waals surface area contributed by atoms with Gasteiger partial charge in [-0.25, -0.2) is 4.79 Å². The number of imide groups is 1. The fourth-order valence-electron chi connectivity index (χ4n) is 2.00. The van der Waals surface area contributed by atoms with E-state index in [0.29, 0.717) is 3.92 Å². The second-order valence-electron chi connectivity index (χ2n) is 3.59. The Bertz CT molecular complexity index is 257. The molecule has 1 aliphatic carbocycles. The minimum atomic E-state index is -0.336. The van der Waals surface area contributed by atoms with Crippen LogP contribution in [0.1, 0.15) is 19.3 Å². The Morgan fingerprint density at radius 2 is 2.08 bits per heavy atom. The molecule has 3 amide bonds. The molecule has 0 aromatic carbocycles. The van der Waals surface area contributed by atoms with Crippen LogP contribution in [0.25, 0.3) is 0 Å². The summed E-state index contributed by atoms with van der Waals surface area (Å²) in [7, 11) is 0. The molecule has 1 heterocycles. The van der Waals surface area contributed by atoms with Gasteiger partial charge in [0, 0.05) is 9.97 Å². The first kappa shape index (κ1) is 9.23. The maximum atomic E-state index is 11.4. The van der Waals surface area contributed by atoms with Crippen LogP contribution in [-0.4, -0.2) is 21.9 Å². The molecule has 0 aromatic heterocycles. The van der Waals surface area contributed by atoms with E-state index in [1.807, 2.05) is 0 Å². The third-order valence-electron chi connectivity index (χ3n) is 2.68. The molecule has 1 saturated heterocycles. The molecule has 3 atom stereocenters. The Balaban J connectivity index is 2.10. The number of fused-ring (bicyclic) bond motifs is 1. The number of carbonyl (C=O) groups is 2. The SMILES string of the molecule is O=C1NC(=O)C2CCC(I)CC2N1. The number of carbonyl (C=O) groups excluding carboxylic acids is 2. The van der Waals surface area contributed by atoms with Gasteiger partial charge in [0.2, 0.25) is 5.91 Å². The summed E-state index contributed by atoms with van der Waals surface area (Å²) in [5, 5.41) is 5.11. The standard InChI is InChI=1S/C8H11IN2O2/c9-4-1-2-5-6(3-4)10-8(13)11-7(5)12/h4-6H,1-3H2,(H2,10,11,12,13). The highest BCUT2D eigenvalue weighted by Gasteiger charge is 2.39. The van der Waals surface area contributed by atoms with E-state index in [0.717, 1.165) is 19.3 Å². The van der Waals surface area contributed by atoms with Gasteiger partial charge in [-0.05, 0) is 19.3 Å². The summed E-state index contributed by atoms with van der Waals surface area (Å²) < 4.78 is 0.588. The van der Waals surface area contributed by atoms with E-state index in [9.17, 15) is 9.59 Å². The van der Waals surface area contributed by atoms with Gasteiger partial charge in [0.15, 0.2) is 0 Å². The van der Waals surface area contributed by atoms with Crippen molar-refractivity contribution in [2.24, 2.45) is 5.92 Å². The Morgan fingerprint density at radius 3 is 2.85 bits per heavy atom. The zero-order valence-corrected chi connectivity index (χ0v) is 9.21. The Hall–Kier alpha value is -0.330. The van der Waals surface area contributed by atoms with Crippen molar-refractivity contribution in [2.45, 2.75) is 29.2 Å². The first-order valence-electron chi connectivity index (χ1n) is 4.42. The molecule has 2 N–H and O–H groups in total. The van der Waals surface area contributed by atoms with Crippen molar-refractivity contribution in [1.82, 2.24) is 10.6 Å². The van der Waals surface area contributed by atoms with Gasteiger partial charge in [0.05, 0.1) is 5.92 Å². The van der Waals surface area contributed by atoms with Gasteiger partial charge in [-0.15, -0.1) is 0 Å². The molecule has 4 nitrogen and oxygen atoms in total. The van der Waals surface area contributed by atoms with E-state index >= 15 is 0 Å². The zero-order valence-electron chi connectivity index (χ0n) is 7.05. The number of nitrogens with one attached hydrogen (secondary N) is 2. The lowest BCUT2D eigenvalue weighted by atomic mass is 9.83. The first-order valence-corrected chi connectivity index (χ1v) is 5.67. The minimum Gasteiger partial charge on any atom is -0.334 e. The van der Waals surface area contributed by atoms with Crippen LogP contribution in [0.3, 0.4) is 0 Å². The summed E-state index contributed by atoms with van der Waals surface area (Å²) in [6.45, 7) is 0. The Morgan fingerprint density at radius 1 is 1.31 bits per heavy atom. The molecule has 0 spiro atoms. The van der Waals surface area contributed by atoms with E-state index in [4.69, 9.17) is 0 Å². The highest BCUT2D eigenvalue weighted by atomic mass is 127. The highest BCUT2D eigenvalue weighted by Crippen LogP contribution is 2.30. The number of amides is 3. The third-order valence-corrected chi connectivity index (χ3v) is 3.81. The molecule has 3 unspecified atom stereocenters. The molecule has 0 aromatic rings. The lowest BCUT2D eigenvalue weighted by molar-refractivity contribution is -0.126.